The molecular weight excluding hydrogens is 276 g/mol. The number of nitrogens with two attached hydrogens (primary N) is 2. The van der Waals surface area contributed by atoms with Gasteiger partial charge in [0.05, 0.1) is 25.1 Å². The highest BCUT2D eigenvalue weighted by atomic mass is 16.4. The first-order valence-electron chi connectivity index (χ1n) is 7.13. The monoisotopic (exact) mass is 304 g/mol. The molecule has 0 aliphatic heterocycles. The van der Waals surface area contributed by atoms with E-state index < -0.39 is 18.1 Å². The van der Waals surface area contributed by atoms with Gasteiger partial charge in [0.1, 0.15) is 0 Å². The fraction of sp³-hybridized carbons (Fsp3) is 0.750. The van der Waals surface area contributed by atoms with E-state index in [1.54, 1.807) is 0 Å². The van der Waals surface area contributed by atoms with Gasteiger partial charge in [0.25, 0.3) is 5.91 Å². The van der Waals surface area contributed by atoms with Gasteiger partial charge in [-0.25, -0.2) is 0 Å². The van der Waals surface area contributed by atoms with E-state index >= 15 is 0 Å². The second kappa shape index (κ2) is 10.9. The maximum Gasteiger partial charge on any atom is 0.338 e. The lowest BCUT2D eigenvalue weighted by Gasteiger charge is -2.20. The van der Waals surface area contributed by atoms with Crippen LogP contribution in [0.1, 0.15) is 32.1 Å². The van der Waals surface area contributed by atoms with Gasteiger partial charge in [-0.2, -0.15) is 0 Å². The largest absolute Gasteiger partial charge is 0.548 e. The summed E-state index contributed by atoms with van der Waals surface area (Å²) >= 11 is 0. The van der Waals surface area contributed by atoms with Crippen LogP contribution < -0.4 is 38.4 Å². The van der Waals surface area contributed by atoms with Crippen molar-refractivity contribution in [2.24, 2.45) is 11.5 Å². The third-order valence-electron chi connectivity index (χ3n) is 3.02. The molecule has 12 N–H and O–H groups in total. The van der Waals surface area contributed by atoms with E-state index in [9.17, 15) is 14.7 Å². The standard InChI is InChI=1S/C12H26N6O3/c13-6-2-1-5-9(11(20)21)18-10(19)8(14)4-3-7-17-12(15)16/h8-9H,1-7,13-14H2,(H,18,19)(H,20,21)(H4,15,16,17)/p+2/t8-,9-/m0/s1. The Morgan fingerprint density at radius 1 is 1.19 bits per heavy atom. The van der Waals surface area contributed by atoms with E-state index in [2.05, 4.69) is 21.8 Å². The van der Waals surface area contributed by atoms with Gasteiger partial charge in [0.2, 0.25) is 0 Å². The van der Waals surface area contributed by atoms with E-state index in [1.165, 1.54) is 0 Å². The van der Waals surface area contributed by atoms with Crippen molar-refractivity contribution >= 4 is 17.8 Å². The zero-order valence-electron chi connectivity index (χ0n) is 12.4. The van der Waals surface area contributed by atoms with E-state index in [0.717, 1.165) is 13.0 Å². The number of quaternary nitrogens is 2. The molecule has 0 saturated carbocycles. The van der Waals surface area contributed by atoms with E-state index in [1.807, 2.05) is 0 Å². The number of unbranched alkanes of at least 4 members (excludes halogenated alkanes) is 1. The average Bonchev–Trinajstić information content (AvgIpc) is 2.41. The molecule has 0 aromatic rings. The maximum absolute atomic E-state index is 11.9. The highest BCUT2D eigenvalue weighted by Crippen LogP contribution is 2.00. The molecule has 9 heteroatoms. The number of aliphatic carboxylic acids is 1. The van der Waals surface area contributed by atoms with E-state index in [0.29, 0.717) is 32.2 Å². The summed E-state index contributed by atoms with van der Waals surface area (Å²) in [4.78, 5) is 25.6. The Morgan fingerprint density at radius 2 is 1.86 bits per heavy atom. The van der Waals surface area contributed by atoms with Crippen molar-refractivity contribution in [2.75, 3.05) is 13.1 Å². The quantitative estimate of drug-likeness (QED) is 0.125. The zero-order chi connectivity index (χ0) is 16.3. The van der Waals surface area contributed by atoms with Crippen molar-refractivity contribution in [3.8, 4) is 0 Å². The molecule has 0 aromatic heterocycles. The number of carbonyl (C=O) groups is 2. The molecule has 0 rings (SSSR count). The lowest BCUT2D eigenvalue weighted by molar-refractivity contribution is -0.463. The Balaban J connectivity index is 4.15. The molecule has 0 aliphatic rings. The van der Waals surface area contributed by atoms with Crippen LogP contribution in [0.25, 0.3) is 0 Å². The molecule has 2 atom stereocenters. The summed E-state index contributed by atoms with van der Waals surface area (Å²) in [6, 6.07) is -1.50. The predicted molar refractivity (Wildman–Crippen MR) is 73.7 cm³/mol. The van der Waals surface area contributed by atoms with Crippen molar-refractivity contribution in [1.29, 1.82) is 0 Å². The smallest absolute Gasteiger partial charge is 0.338 e. The number of hydrogen-bond acceptors (Lipinski definition) is 3. The lowest BCUT2D eigenvalue weighted by atomic mass is 10.1. The molecule has 0 bridgehead atoms. The van der Waals surface area contributed by atoms with Crippen molar-refractivity contribution < 1.29 is 31.2 Å². The van der Waals surface area contributed by atoms with Crippen molar-refractivity contribution in [3.63, 3.8) is 0 Å². The minimum absolute atomic E-state index is 0.127. The minimum atomic E-state index is -1.27. The van der Waals surface area contributed by atoms with Crippen LogP contribution in [0.4, 0.5) is 0 Å². The number of guanidine groups is 1. The topological polar surface area (TPSA) is 191 Å². The van der Waals surface area contributed by atoms with Gasteiger partial charge in [-0.05, 0) is 25.7 Å². The van der Waals surface area contributed by atoms with Gasteiger partial charge >= 0.3 is 5.96 Å². The molecule has 122 valence electrons. The third-order valence-corrected chi connectivity index (χ3v) is 3.02. The molecule has 1 amide bonds. The first-order valence-corrected chi connectivity index (χ1v) is 7.13. The summed E-state index contributed by atoms with van der Waals surface area (Å²) < 4.78 is 0. The van der Waals surface area contributed by atoms with Crippen LogP contribution in [0.2, 0.25) is 0 Å². The van der Waals surface area contributed by atoms with Crippen LogP contribution in [0.15, 0.2) is 0 Å². The summed E-state index contributed by atoms with van der Waals surface area (Å²) in [6.07, 6.45) is 2.99. The van der Waals surface area contributed by atoms with Gasteiger partial charge in [0, 0.05) is 6.42 Å². The van der Waals surface area contributed by atoms with Crippen LogP contribution in [-0.2, 0) is 9.59 Å². The third kappa shape index (κ3) is 9.63. The Morgan fingerprint density at radius 3 is 2.38 bits per heavy atom. The van der Waals surface area contributed by atoms with Crippen LogP contribution >= 0.6 is 0 Å². The Bertz CT molecular complexity index is 357. The number of hydrogen-bond donors (Lipinski definition) is 6. The fourth-order valence-corrected chi connectivity index (χ4v) is 1.78. The normalized spacial score (nSPS) is 13.2. The highest BCUT2D eigenvalue weighted by Gasteiger charge is 2.21. The van der Waals surface area contributed by atoms with Crippen molar-refractivity contribution in [1.82, 2.24) is 5.32 Å². The maximum atomic E-state index is 11.9. The summed E-state index contributed by atoms with van der Waals surface area (Å²) in [7, 11) is 0. The Labute approximate surface area is 124 Å². The van der Waals surface area contributed by atoms with Crippen LogP contribution in [-0.4, -0.2) is 43.0 Å². The van der Waals surface area contributed by atoms with Crippen molar-refractivity contribution in [3.05, 3.63) is 0 Å². The first-order chi connectivity index (χ1) is 9.88. The molecule has 21 heavy (non-hydrogen) atoms. The summed E-state index contributed by atoms with van der Waals surface area (Å²) in [6.45, 7) is 1.27. The molecule has 0 saturated heterocycles. The number of nitrogens with one attached hydrogen (secondary N) is 2. The second-order valence-corrected chi connectivity index (χ2v) is 4.95. The number of rotatable bonds is 11. The van der Waals surface area contributed by atoms with Crippen LogP contribution in [0, 0.1) is 0 Å². The van der Waals surface area contributed by atoms with Gasteiger partial charge in [-0.15, -0.1) is 0 Å². The summed E-state index contributed by atoms with van der Waals surface area (Å²) in [5.74, 6) is -1.53. The number of amides is 1. The lowest BCUT2D eigenvalue weighted by Crippen LogP contribution is -2.78. The molecular formula is C12H28N6O3+2. The average molecular weight is 304 g/mol. The second-order valence-electron chi connectivity index (χ2n) is 4.95. The molecule has 9 nitrogen and oxygen atoms in total. The zero-order valence-corrected chi connectivity index (χ0v) is 12.4. The Kier molecular flexibility index (Phi) is 9.90. The molecule has 0 aliphatic carbocycles. The molecule has 0 fully saturated rings. The molecule has 0 aromatic carbocycles. The number of carboxylic acid groups (broad SMARTS) is 1. The number of carboxylic acids is 1. The predicted octanol–water partition coefficient (Wildman–Crippen LogP) is -6.62. The van der Waals surface area contributed by atoms with E-state index in [4.69, 9.17) is 11.5 Å². The first kappa shape index (κ1) is 19.1. The molecule has 0 heterocycles. The van der Waals surface area contributed by atoms with Crippen molar-refractivity contribution in [2.45, 2.75) is 44.2 Å². The van der Waals surface area contributed by atoms with Gasteiger partial charge in [0.15, 0.2) is 6.04 Å². The summed E-state index contributed by atoms with van der Waals surface area (Å²) in [5, 5.41) is 13.5. The fourth-order valence-electron chi connectivity index (χ4n) is 1.78. The minimum Gasteiger partial charge on any atom is -0.548 e. The molecule has 0 spiro atoms. The number of carbonyl (C=O) groups excluding carboxylic acids is 2. The van der Waals surface area contributed by atoms with E-state index in [-0.39, 0.29) is 11.9 Å². The molecule has 0 unspecified atom stereocenters. The van der Waals surface area contributed by atoms with Crippen LogP contribution in [0.3, 0.4) is 0 Å². The Hall–Kier alpha value is -1.87. The summed E-state index contributed by atoms with van der Waals surface area (Å²) in [5.41, 5.74) is 17.9. The molecule has 0 radical (unpaired) electrons. The van der Waals surface area contributed by atoms with Gasteiger partial charge in [-0.3, -0.25) is 21.3 Å². The van der Waals surface area contributed by atoms with Gasteiger partial charge < -0.3 is 26.7 Å². The highest BCUT2D eigenvalue weighted by molar-refractivity contribution is 5.85. The SMILES string of the molecule is NC(N)=[NH+]CCC[C@H]([NH3+])C(=O)N[C@@H](CCCC[NH3+])C(=O)[O-]. The van der Waals surface area contributed by atoms with Crippen LogP contribution in [0.5, 0.6) is 0 Å². The van der Waals surface area contributed by atoms with Gasteiger partial charge in [-0.1, -0.05) is 0 Å².